The lowest BCUT2D eigenvalue weighted by molar-refractivity contribution is 0.246. The molecule has 3 atom stereocenters. The third-order valence-corrected chi connectivity index (χ3v) is 3.64. The number of hydrogen-bond donors (Lipinski definition) is 2. The Morgan fingerprint density at radius 3 is 2.71 bits per heavy atom. The van der Waals surface area contributed by atoms with E-state index >= 15 is 0 Å². The van der Waals surface area contributed by atoms with Gasteiger partial charge >= 0.3 is 0 Å². The van der Waals surface area contributed by atoms with Crippen LogP contribution in [-0.2, 0) is 0 Å². The van der Waals surface area contributed by atoms with E-state index in [0.717, 1.165) is 24.9 Å². The Morgan fingerprint density at radius 1 is 1.43 bits per heavy atom. The minimum absolute atomic E-state index is 0.334. The predicted molar refractivity (Wildman–Crippen MR) is 60.3 cm³/mol. The molecule has 0 saturated heterocycles. The molecule has 0 aromatic heterocycles. The molecule has 1 rings (SSSR count). The van der Waals surface area contributed by atoms with Crippen molar-refractivity contribution >= 4 is 0 Å². The first kappa shape index (κ1) is 12.0. The lowest BCUT2D eigenvalue weighted by atomic mass is 10.0. The fraction of sp³-hybridized carbons (Fsp3) is 1.00. The molecule has 0 bridgehead atoms. The molecule has 1 fully saturated rings. The molecule has 1 aliphatic rings. The molecule has 0 aromatic rings. The molecule has 1 aliphatic carbocycles. The molecule has 14 heavy (non-hydrogen) atoms. The van der Waals surface area contributed by atoms with Gasteiger partial charge in [0.2, 0.25) is 0 Å². The second-order valence-corrected chi connectivity index (χ2v) is 4.71. The molecule has 0 heterocycles. The van der Waals surface area contributed by atoms with E-state index in [1.54, 1.807) is 0 Å². The topological polar surface area (TPSA) is 32.3 Å². The molecule has 2 nitrogen and oxygen atoms in total. The Morgan fingerprint density at radius 2 is 2.21 bits per heavy atom. The Kier molecular flexibility index (Phi) is 5.49. The van der Waals surface area contributed by atoms with Crippen molar-refractivity contribution in [3.63, 3.8) is 0 Å². The average molecular weight is 199 g/mol. The summed E-state index contributed by atoms with van der Waals surface area (Å²) in [6.07, 6.45) is 6.24. The monoisotopic (exact) mass is 199 g/mol. The zero-order valence-corrected chi connectivity index (χ0v) is 9.63. The summed E-state index contributed by atoms with van der Waals surface area (Å²) >= 11 is 0. The molecule has 84 valence electrons. The van der Waals surface area contributed by atoms with Gasteiger partial charge in [-0.3, -0.25) is 0 Å². The van der Waals surface area contributed by atoms with Crippen molar-refractivity contribution < 1.29 is 5.11 Å². The minimum Gasteiger partial charge on any atom is -0.396 e. The summed E-state index contributed by atoms with van der Waals surface area (Å²) in [4.78, 5) is 0. The van der Waals surface area contributed by atoms with Gasteiger partial charge in [-0.1, -0.05) is 26.7 Å². The Hall–Kier alpha value is -0.0800. The van der Waals surface area contributed by atoms with Crippen LogP contribution in [0.4, 0.5) is 0 Å². The summed E-state index contributed by atoms with van der Waals surface area (Å²) in [6, 6.07) is 0.739. The SMILES string of the molecule is CCC(CCO)CNC1CCCC1C. The highest BCUT2D eigenvalue weighted by Gasteiger charge is 2.23. The number of aliphatic hydroxyl groups is 1. The summed E-state index contributed by atoms with van der Waals surface area (Å²) in [5, 5.41) is 12.5. The normalized spacial score (nSPS) is 29.4. The molecule has 3 unspecified atom stereocenters. The highest BCUT2D eigenvalue weighted by molar-refractivity contribution is 4.80. The molecule has 2 N–H and O–H groups in total. The summed E-state index contributed by atoms with van der Waals surface area (Å²) in [5.74, 6) is 1.51. The first-order valence-corrected chi connectivity index (χ1v) is 6.12. The third kappa shape index (κ3) is 3.58. The molecule has 0 aliphatic heterocycles. The van der Waals surface area contributed by atoms with Gasteiger partial charge in [0.05, 0.1) is 0 Å². The Balaban J connectivity index is 2.17. The van der Waals surface area contributed by atoms with Crippen molar-refractivity contribution in [2.45, 2.75) is 52.0 Å². The minimum atomic E-state index is 0.334. The van der Waals surface area contributed by atoms with Crippen LogP contribution in [-0.4, -0.2) is 24.3 Å². The van der Waals surface area contributed by atoms with Gasteiger partial charge in [0, 0.05) is 12.6 Å². The fourth-order valence-electron chi connectivity index (χ4n) is 2.40. The number of hydrogen-bond acceptors (Lipinski definition) is 2. The van der Waals surface area contributed by atoms with Crippen LogP contribution in [0.15, 0.2) is 0 Å². The summed E-state index contributed by atoms with van der Waals surface area (Å²) in [6.45, 7) is 5.98. The first-order chi connectivity index (χ1) is 6.77. The third-order valence-electron chi connectivity index (χ3n) is 3.64. The molecular weight excluding hydrogens is 174 g/mol. The average Bonchev–Trinajstić information content (AvgIpc) is 2.59. The van der Waals surface area contributed by atoms with Gasteiger partial charge in [0.1, 0.15) is 0 Å². The Labute approximate surface area is 88.1 Å². The number of nitrogens with one attached hydrogen (secondary N) is 1. The van der Waals surface area contributed by atoms with Crippen LogP contribution in [0, 0.1) is 11.8 Å². The summed E-state index contributed by atoms with van der Waals surface area (Å²) in [5.41, 5.74) is 0. The van der Waals surface area contributed by atoms with Crippen LogP contribution in [0.2, 0.25) is 0 Å². The Bertz CT molecular complexity index is 149. The number of rotatable bonds is 6. The van der Waals surface area contributed by atoms with E-state index in [4.69, 9.17) is 5.11 Å². The van der Waals surface area contributed by atoms with Crippen LogP contribution >= 0.6 is 0 Å². The van der Waals surface area contributed by atoms with E-state index in [1.807, 2.05) is 0 Å². The molecule has 0 spiro atoms. The van der Waals surface area contributed by atoms with E-state index in [2.05, 4.69) is 19.2 Å². The molecule has 2 heteroatoms. The second kappa shape index (κ2) is 6.41. The zero-order valence-electron chi connectivity index (χ0n) is 9.63. The van der Waals surface area contributed by atoms with Crippen LogP contribution < -0.4 is 5.32 Å². The van der Waals surface area contributed by atoms with E-state index in [-0.39, 0.29) is 0 Å². The standard InChI is InChI=1S/C12H25NO/c1-3-11(7-8-14)9-13-12-6-4-5-10(12)2/h10-14H,3-9H2,1-2H3. The van der Waals surface area contributed by atoms with Crippen LogP contribution in [0.3, 0.4) is 0 Å². The predicted octanol–water partition coefficient (Wildman–Crippen LogP) is 2.17. The van der Waals surface area contributed by atoms with Crippen LogP contribution in [0.5, 0.6) is 0 Å². The van der Waals surface area contributed by atoms with Crippen molar-refractivity contribution in [1.82, 2.24) is 5.32 Å². The van der Waals surface area contributed by atoms with E-state index in [1.165, 1.54) is 25.7 Å². The molecule has 1 saturated carbocycles. The highest BCUT2D eigenvalue weighted by atomic mass is 16.3. The van der Waals surface area contributed by atoms with Gasteiger partial charge in [-0.05, 0) is 37.6 Å². The number of aliphatic hydroxyl groups excluding tert-OH is 1. The van der Waals surface area contributed by atoms with Gasteiger partial charge in [0.15, 0.2) is 0 Å². The highest BCUT2D eigenvalue weighted by Crippen LogP contribution is 2.25. The van der Waals surface area contributed by atoms with E-state index < -0.39 is 0 Å². The first-order valence-electron chi connectivity index (χ1n) is 6.12. The maximum atomic E-state index is 8.88. The van der Waals surface area contributed by atoms with E-state index in [9.17, 15) is 0 Å². The van der Waals surface area contributed by atoms with Crippen molar-refractivity contribution in [2.75, 3.05) is 13.2 Å². The van der Waals surface area contributed by atoms with Gasteiger partial charge in [-0.25, -0.2) is 0 Å². The summed E-state index contributed by atoms with van der Waals surface area (Å²) in [7, 11) is 0. The molecule has 0 radical (unpaired) electrons. The smallest absolute Gasteiger partial charge is 0.0434 e. The summed E-state index contributed by atoms with van der Waals surface area (Å²) < 4.78 is 0. The fourth-order valence-corrected chi connectivity index (χ4v) is 2.40. The van der Waals surface area contributed by atoms with Crippen molar-refractivity contribution in [1.29, 1.82) is 0 Å². The van der Waals surface area contributed by atoms with Gasteiger partial charge in [0.25, 0.3) is 0 Å². The lowest BCUT2D eigenvalue weighted by Crippen LogP contribution is -2.35. The maximum Gasteiger partial charge on any atom is 0.0434 e. The van der Waals surface area contributed by atoms with Crippen LogP contribution in [0.25, 0.3) is 0 Å². The zero-order chi connectivity index (χ0) is 10.4. The second-order valence-electron chi connectivity index (χ2n) is 4.71. The van der Waals surface area contributed by atoms with E-state index in [0.29, 0.717) is 12.5 Å². The van der Waals surface area contributed by atoms with Gasteiger partial charge < -0.3 is 10.4 Å². The van der Waals surface area contributed by atoms with Crippen LogP contribution in [0.1, 0.15) is 46.0 Å². The lowest BCUT2D eigenvalue weighted by Gasteiger charge is -2.21. The quantitative estimate of drug-likeness (QED) is 0.687. The van der Waals surface area contributed by atoms with Crippen molar-refractivity contribution in [2.24, 2.45) is 11.8 Å². The van der Waals surface area contributed by atoms with Crippen molar-refractivity contribution in [3.05, 3.63) is 0 Å². The van der Waals surface area contributed by atoms with Crippen molar-refractivity contribution in [3.8, 4) is 0 Å². The molecular formula is C12H25NO. The largest absolute Gasteiger partial charge is 0.396 e. The molecule has 0 amide bonds. The molecule has 0 aromatic carbocycles. The van der Waals surface area contributed by atoms with Gasteiger partial charge in [-0.2, -0.15) is 0 Å². The van der Waals surface area contributed by atoms with Gasteiger partial charge in [-0.15, -0.1) is 0 Å². The maximum absolute atomic E-state index is 8.88.